The number of rotatable bonds is 5. The van der Waals surface area contributed by atoms with Gasteiger partial charge in [0.25, 0.3) is 0 Å². The molecule has 1 unspecified atom stereocenters. The molecule has 0 aliphatic rings. The maximum atomic E-state index is 5.86. The van der Waals surface area contributed by atoms with Crippen molar-refractivity contribution in [2.45, 2.75) is 13.8 Å². The largest absolute Gasteiger partial charge is 0.493 e. The minimum atomic E-state index is 0.505. The van der Waals surface area contributed by atoms with Gasteiger partial charge >= 0.3 is 0 Å². The number of halogens is 1. The van der Waals surface area contributed by atoms with E-state index in [4.69, 9.17) is 16.3 Å². The summed E-state index contributed by atoms with van der Waals surface area (Å²) in [6, 6.07) is 5.69. The summed E-state index contributed by atoms with van der Waals surface area (Å²) in [4.78, 5) is 0. The van der Waals surface area contributed by atoms with Crippen molar-refractivity contribution in [2.24, 2.45) is 5.92 Å². The molecular formula is C12H18ClNO. The summed E-state index contributed by atoms with van der Waals surface area (Å²) in [7, 11) is 1.95. The van der Waals surface area contributed by atoms with E-state index in [-0.39, 0.29) is 0 Å². The number of hydrogen-bond acceptors (Lipinski definition) is 2. The molecule has 0 spiro atoms. The highest BCUT2D eigenvalue weighted by atomic mass is 35.5. The molecule has 1 rings (SSSR count). The van der Waals surface area contributed by atoms with Gasteiger partial charge in [-0.05, 0) is 37.7 Å². The van der Waals surface area contributed by atoms with Crippen LogP contribution >= 0.6 is 11.6 Å². The van der Waals surface area contributed by atoms with Crippen molar-refractivity contribution in [1.82, 2.24) is 5.32 Å². The van der Waals surface area contributed by atoms with Gasteiger partial charge in [0.05, 0.1) is 6.61 Å². The zero-order chi connectivity index (χ0) is 11.3. The molecule has 1 atom stereocenters. The van der Waals surface area contributed by atoms with E-state index < -0.39 is 0 Å². The molecule has 0 radical (unpaired) electrons. The molecule has 0 amide bonds. The lowest BCUT2D eigenvalue weighted by molar-refractivity contribution is 0.256. The van der Waals surface area contributed by atoms with Gasteiger partial charge < -0.3 is 10.1 Å². The summed E-state index contributed by atoms with van der Waals surface area (Å²) in [6.45, 7) is 5.85. The Morgan fingerprint density at radius 3 is 2.80 bits per heavy atom. The van der Waals surface area contributed by atoms with Gasteiger partial charge in [0.1, 0.15) is 5.75 Å². The Bertz CT molecular complexity index is 314. The van der Waals surface area contributed by atoms with E-state index in [1.807, 2.05) is 32.2 Å². The van der Waals surface area contributed by atoms with Gasteiger partial charge in [0.2, 0.25) is 0 Å². The average Bonchev–Trinajstić information content (AvgIpc) is 2.17. The van der Waals surface area contributed by atoms with Gasteiger partial charge in [-0.2, -0.15) is 0 Å². The third-order valence-corrected chi connectivity index (χ3v) is 2.45. The van der Waals surface area contributed by atoms with Gasteiger partial charge in [-0.3, -0.25) is 0 Å². The fourth-order valence-electron chi connectivity index (χ4n) is 1.41. The third kappa shape index (κ3) is 4.10. The second-order valence-electron chi connectivity index (χ2n) is 3.88. The Kier molecular flexibility index (Phi) is 4.92. The normalized spacial score (nSPS) is 12.5. The van der Waals surface area contributed by atoms with Crippen molar-refractivity contribution in [3.05, 3.63) is 28.8 Å². The maximum Gasteiger partial charge on any atom is 0.122 e. The van der Waals surface area contributed by atoms with Crippen molar-refractivity contribution in [3.63, 3.8) is 0 Å². The predicted molar refractivity (Wildman–Crippen MR) is 64.8 cm³/mol. The van der Waals surface area contributed by atoms with Crippen molar-refractivity contribution >= 4 is 11.6 Å². The van der Waals surface area contributed by atoms with Crippen LogP contribution in [0.15, 0.2) is 18.2 Å². The van der Waals surface area contributed by atoms with Crippen LogP contribution in [-0.2, 0) is 0 Å². The summed E-state index contributed by atoms with van der Waals surface area (Å²) < 4.78 is 5.71. The molecule has 15 heavy (non-hydrogen) atoms. The second kappa shape index (κ2) is 5.99. The topological polar surface area (TPSA) is 21.3 Å². The molecule has 1 N–H and O–H groups in total. The van der Waals surface area contributed by atoms with Crippen LogP contribution in [0.5, 0.6) is 5.75 Å². The molecule has 0 saturated heterocycles. The number of hydrogen-bond donors (Lipinski definition) is 1. The van der Waals surface area contributed by atoms with E-state index in [1.165, 1.54) is 0 Å². The van der Waals surface area contributed by atoms with Gasteiger partial charge in [-0.25, -0.2) is 0 Å². The van der Waals surface area contributed by atoms with Crippen LogP contribution in [0, 0.1) is 12.8 Å². The SMILES string of the molecule is CNCC(C)COc1ccc(Cl)cc1C. The highest BCUT2D eigenvalue weighted by Crippen LogP contribution is 2.22. The van der Waals surface area contributed by atoms with Crippen LogP contribution in [0.2, 0.25) is 5.02 Å². The van der Waals surface area contributed by atoms with Crippen LogP contribution in [0.25, 0.3) is 0 Å². The first kappa shape index (κ1) is 12.3. The molecule has 0 heterocycles. The molecule has 0 aromatic heterocycles. The lowest BCUT2D eigenvalue weighted by Crippen LogP contribution is -2.21. The monoisotopic (exact) mass is 227 g/mol. The molecule has 0 fully saturated rings. The van der Waals surface area contributed by atoms with E-state index in [9.17, 15) is 0 Å². The molecule has 1 aromatic rings. The number of aryl methyl sites for hydroxylation is 1. The number of ether oxygens (including phenoxy) is 1. The van der Waals surface area contributed by atoms with E-state index in [0.29, 0.717) is 5.92 Å². The maximum absolute atomic E-state index is 5.86. The third-order valence-electron chi connectivity index (χ3n) is 2.21. The molecule has 0 aliphatic carbocycles. The quantitative estimate of drug-likeness (QED) is 0.835. The molecule has 84 valence electrons. The van der Waals surface area contributed by atoms with Crippen LogP contribution in [0.1, 0.15) is 12.5 Å². The summed E-state index contributed by atoms with van der Waals surface area (Å²) in [5, 5.41) is 3.88. The first-order valence-corrected chi connectivity index (χ1v) is 5.55. The Morgan fingerprint density at radius 1 is 1.47 bits per heavy atom. The minimum Gasteiger partial charge on any atom is -0.493 e. The van der Waals surface area contributed by atoms with Gasteiger partial charge in [0.15, 0.2) is 0 Å². The van der Waals surface area contributed by atoms with E-state index in [0.717, 1.165) is 29.5 Å². The molecule has 0 aliphatic heterocycles. The van der Waals surface area contributed by atoms with Gasteiger partial charge in [-0.15, -0.1) is 0 Å². The summed E-state index contributed by atoms with van der Waals surface area (Å²) in [5.41, 5.74) is 1.08. The predicted octanol–water partition coefficient (Wildman–Crippen LogP) is 2.88. The molecule has 2 nitrogen and oxygen atoms in total. The van der Waals surface area contributed by atoms with Gasteiger partial charge in [-0.1, -0.05) is 18.5 Å². The highest BCUT2D eigenvalue weighted by Gasteiger charge is 2.04. The van der Waals surface area contributed by atoms with Gasteiger partial charge in [0, 0.05) is 17.5 Å². The zero-order valence-electron chi connectivity index (χ0n) is 9.51. The van der Waals surface area contributed by atoms with E-state index in [2.05, 4.69) is 12.2 Å². The van der Waals surface area contributed by atoms with E-state index in [1.54, 1.807) is 0 Å². The smallest absolute Gasteiger partial charge is 0.122 e. The number of benzene rings is 1. The lowest BCUT2D eigenvalue weighted by atomic mass is 10.2. The first-order chi connectivity index (χ1) is 7.13. The van der Waals surface area contributed by atoms with E-state index >= 15 is 0 Å². The Morgan fingerprint density at radius 2 is 2.20 bits per heavy atom. The Hall–Kier alpha value is -0.730. The summed E-state index contributed by atoms with van der Waals surface area (Å²) in [6.07, 6.45) is 0. The van der Waals surface area contributed by atoms with Crippen molar-refractivity contribution in [2.75, 3.05) is 20.2 Å². The minimum absolute atomic E-state index is 0.505. The average molecular weight is 228 g/mol. The van der Waals surface area contributed by atoms with Crippen LogP contribution < -0.4 is 10.1 Å². The highest BCUT2D eigenvalue weighted by molar-refractivity contribution is 6.30. The Labute approximate surface area is 96.6 Å². The number of nitrogens with one attached hydrogen (secondary N) is 1. The molecule has 3 heteroatoms. The van der Waals surface area contributed by atoms with Crippen LogP contribution in [-0.4, -0.2) is 20.2 Å². The molecule has 1 aromatic carbocycles. The Balaban J connectivity index is 2.50. The summed E-state index contributed by atoms with van der Waals surface area (Å²) in [5.74, 6) is 1.42. The fraction of sp³-hybridized carbons (Fsp3) is 0.500. The van der Waals surface area contributed by atoms with Crippen LogP contribution in [0.3, 0.4) is 0 Å². The molecule has 0 bridgehead atoms. The van der Waals surface area contributed by atoms with Crippen molar-refractivity contribution in [3.8, 4) is 5.75 Å². The standard InChI is InChI=1S/C12H18ClNO/c1-9(7-14-3)8-15-12-5-4-11(13)6-10(12)2/h4-6,9,14H,7-8H2,1-3H3. The second-order valence-corrected chi connectivity index (χ2v) is 4.32. The fourth-order valence-corrected chi connectivity index (χ4v) is 1.64. The zero-order valence-corrected chi connectivity index (χ0v) is 10.3. The van der Waals surface area contributed by atoms with Crippen molar-refractivity contribution < 1.29 is 4.74 Å². The van der Waals surface area contributed by atoms with Crippen molar-refractivity contribution in [1.29, 1.82) is 0 Å². The molecule has 0 saturated carbocycles. The molecular weight excluding hydrogens is 210 g/mol. The first-order valence-electron chi connectivity index (χ1n) is 5.17. The lowest BCUT2D eigenvalue weighted by Gasteiger charge is -2.14. The van der Waals surface area contributed by atoms with Crippen LogP contribution in [0.4, 0.5) is 0 Å². The summed E-state index contributed by atoms with van der Waals surface area (Å²) >= 11 is 5.86.